The molecule has 0 bridgehead atoms. The number of amides is 1. The van der Waals surface area contributed by atoms with Crippen LogP contribution < -0.4 is 4.74 Å². The topological polar surface area (TPSA) is 75.3 Å². The lowest BCUT2D eigenvalue weighted by molar-refractivity contribution is 0.0632. The fourth-order valence-corrected chi connectivity index (χ4v) is 3.85. The van der Waals surface area contributed by atoms with Crippen molar-refractivity contribution in [3.05, 3.63) is 46.8 Å². The quantitative estimate of drug-likeness (QED) is 0.823. The van der Waals surface area contributed by atoms with Gasteiger partial charge in [0.15, 0.2) is 5.78 Å². The second kappa shape index (κ2) is 7.18. The number of carbonyl (C=O) groups excluding carboxylic acids is 2. The largest absolute Gasteiger partial charge is 0.497 e. The highest BCUT2D eigenvalue weighted by Crippen LogP contribution is 2.39. The number of ether oxygens (including phenoxy) is 1. The molecular weight excluding hydrogens is 342 g/mol. The van der Waals surface area contributed by atoms with E-state index < -0.39 is 0 Å². The van der Waals surface area contributed by atoms with Crippen molar-refractivity contribution in [2.24, 2.45) is 5.92 Å². The molecule has 142 valence electrons. The van der Waals surface area contributed by atoms with Crippen LogP contribution in [-0.2, 0) is 0 Å². The molecule has 2 heterocycles. The van der Waals surface area contributed by atoms with Gasteiger partial charge in [0.05, 0.1) is 7.11 Å². The number of hydrogen-bond donors (Lipinski definition) is 1. The molecule has 1 aromatic carbocycles. The zero-order chi connectivity index (χ0) is 19.0. The predicted molar refractivity (Wildman–Crippen MR) is 101 cm³/mol. The van der Waals surface area contributed by atoms with E-state index >= 15 is 0 Å². The Morgan fingerprint density at radius 2 is 2.04 bits per heavy atom. The van der Waals surface area contributed by atoms with Crippen LogP contribution in [0.5, 0.6) is 5.75 Å². The van der Waals surface area contributed by atoms with Crippen molar-refractivity contribution in [3.8, 4) is 5.75 Å². The third kappa shape index (κ3) is 3.61. The first-order valence-electron chi connectivity index (χ1n) is 9.60. The van der Waals surface area contributed by atoms with Gasteiger partial charge in [0.1, 0.15) is 11.4 Å². The van der Waals surface area contributed by atoms with Gasteiger partial charge in [-0.15, -0.1) is 0 Å². The second-order valence-electron chi connectivity index (χ2n) is 7.62. The van der Waals surface area contributed by atoms with Crippen molar-refractivity contribution >= 4 is 11.7 Å². The lowest BCUT2D eigenvalue weighted by atomic mass is 9.88. The number of aromatic amines is 1. The number of nitrogens with zero attached hydrogens (tertiary/aromatic N) is 2. The number of likely N-dealkylation sites (tertiary alicyclic amines) is 1. The summed E-state index contributed by atoms with van der Waals surface area (Å²) in [4.78, 5) is 27.6. The molecule has 1 aliphatic carbocycles. The molecule has 1 saturated carbocycles. The zero-order valence-electron chi connectivity index (χ0n) is 15.8. The molecule has 1 aliphatic heterocycles. The first kappa shape index (κ1) is 17.8. The van der Waals surface area contributed by atoms with Crippen molar-refractivity contribution in [3.63, 3.8) is 0 Å². The van der Waals surface area contributed by atoms with Crippen LogP contribution in [0.3, 0.4) is 0 Å². The lowest BCUT2D eigenvalue weighted by Gasteiger charge is -2.31. The summed E-state index contributed by atoms with van der Waals surface area (Å²) < 4.78 is 5.22. The minimum atomic E-state index is -0.170. The molecule has 4 rings (SSSR count). The number of ketones is 1. The van der Waals surface area contributed by atoms with Crippen molar-refractivity contribution in [1.29, 1.82) is 0 Å². The number of benzene rings is 1. The number of methoxy groups -OCH3 is 1. The molecule has 27 heavy (non-hydrogen) atoms. The Hall–Kier alpha value is -2.63. The molecule has 0 unspecified atom stereocenters. The molecule has 2 fully saturated rings. The van der Waals surface area contributed by atoms with Gasteiger partial charge in [-0.05, 0) is 62.4 Å². The Morgan fingerprint density at radius 1 is 1.22 bits per heavy atom. The van der Waals surface area contributed by atoms with E-state index in [9.17, 15) is 9.59 Å². The molecule has 2 aliphatic rings. The summed E-state index contributed by atoms with van der Waals surface area (Å²) in [5.74, 6) is 1.13. The highest BCUT2D eigenvalue weighted by Gasteiger charge is 2.32. The van der Waals surface area contributed by atoms with Crippen LogP contribution in [0.2, 0.25) is 0 Å². The van der Waals surface area contributed by atoms with Crippen molar-refractivity contribution in [2.45, 2.75) is 38.5 Å². The van der Waals surface area contributed by atoms with Gasteiger partial charge in [-0.1, -0.05) is 0 Å². The summed E-state index contributed by atoms with van der Waals surface area (Å²) in [6, 6.07) is 7.39. The molecule has 1 aromatic heterocycles. The van der Waals surface area contributed by atoms with E-state index in [2.05, 4.69) is 10.2 Å². The van der Waals surface area contributed by atoms with E-state index in [1.54, 1.807) is 12.0 Å². The van der Waals surface area contributed by atoms with Gasteiger partial charge >= 0.3 is 0 Å². The molecule has 0 radical (unpaired) electrons. The number of piperidine rings is 1. The molecule has 6 heteroatoms. The molecule has 1 saturated heterocycles. The smallest absolute Gasteiger partial charge is 0.274 e. The SMILES string of the molecule is COc1ccc(C(=O)[C@@H]2CCCN(C(=O)c3cc(C4CC4)[nH]n3)C2)c(C)c1. The van der Waals surface area contributed by atoms with Gasteiger partial charge in [0.25, 0.3) is 5.91 Å². The highest BCUT2D eigenvalue weighted by molar-refractivity contribution is 6.00. The molecule has 1 amide bonds. The number of Topliss-reactive ketones (excluding diaryl/α,β-unsaturated/α-hetero) is 1. The van der Waals surface area contributed by atoms with Crippen molar-refractivity contribution < 1.29 is 14.3 Å². The van der Waals surface area contributed by atoms with Crippen molar-refractivity contribution in [1.82, 2.24) is 15.1 Å². The Morgan fingerprint density at radius 3 is 2.74 bits per heavy atom. The summed E-state index contributed by atoms with van der Waals surface area (Å²) >= 11 is 0. The van der Waals surface area contributed by atoms with Gasteiger partial charge in [-0.2, -0.15) is 5.10 Å². The normalized spacial score (nSPS) is 19.8. The van der Waals surface area contributed by atoms with Crippen LogP contribution in [0.1, 0.15) is 63.7 Å². The molecule has 0 spiro atoms. The van der Waals surface area contributed by atoms with Crippen molar-refractivity contribution in [2.75, 3.05) is 20.2 Å². The first-order valence-corrected chi connectivity index (χ1v) is 9.60. The van der Waals surface area contributed by atoms with Gasteiger partial charge in [0, 0.05) is 36.2 Å². The summed E-state index contributed by atoms with van der Waals surface area (Å²) in [7, 11) is 1.62. The van der Waals surface area contributed by atoms with E-state index in [1.807, 2.05) is 31.2 Å². The van der Waals surface area contributed by atoms with Crippen LogP contribution in [0, 0.1) is 12.8 Å². The minimum Gasteiger partial charge on any atom is -0.497 e. The first-order chi connectivity index (χ1) is 13.1. The summed E-state index contributed by atoms with van der Waals surface area (Å²) in [5.41, 5.74) is 3.14. The van der Waals surface area contributed by atoms with Gasteiger partial charge in [-0.25, -0.2) is 0 Å². The second-order valence-corrected chi connectivity index (χ2v) is 7.62. The van der Waals surface area contributed by atoms with Gasteiger partial charge in [0.2, 0.25) is 0 Å². The number of hydrogen-bond acceptors (Lipinski definition) is 4. The number of carbonyl (C=O) groups is 2. The van der Waals surface area contributed by atoms with Crippen LogP contribution in [0.25, 0.3) is 0 Å². The van der Waals surface area contributed by atoms with E-state index in [0.717, 1.165) is 42.7 Å². The number of aryl methyl sites for hydroxylation is 1. The van der Waals surface area contributed by atoms with Crippen LogP contribution in [0.4, 0.5) is 0 Å². The maximum absolute atomic E-state index is 13.0. The number of aromatic nitrogens is 2. The van der Waals surface area contributed by atoms with E-state index in [4.69, 9.17) is 4.74 Å². The van der Waals surface area contributed by atoms with Crippen LogP contribution >= 0.6 is 0 Å². The third-order valence-electron chi connectivity index (χ3n) is 5.61. The predicted octanol–water partition coefficient (Wildman–Crippen LogP) is 3.34. The maximum Gasteiger partial charge on any atom is 0.274 e. The average Bonchev–Trinajstić information content (AvgIpc) is 3.43. The van der Waals surface area contributed by atoms with Gasteiger partial charge < -0.3 is 9.64 Å². The van der Waals surface area contributed by atoms with E-state index in [1.165, 1.54) is 0 Å². The molecule has 2 aromatic rings. The van der Waals surface area contributed by atoms with E-state index in [-0.39, 0.29) is 17.6 Å². The maximum atomic E-state index is 13.0. The standard InChI is InChI=1S/C21H25N3O3/c1-13-10-16(27-2)7-8-17(13)20(25)15-4-3-9-24(12-15)21(26)19-11-18(22-23-19)14-5-6-14/h7-8,10-11,14-15H,3-6,9,12H2,1-2H3,(H,22,23)/t15-/m1/s1. The fraction of sp³-hybridized carbons (Fsp3) is 0.476. The summed E-state index contributed by atoms with van der Waals surface area (Å²) in [5, 5.41) is 7.19. The average molecular weight is 367 g/mol. The molecule has 1 atom stereocenters. The third-order valence-corrected chi connectivity index (χ3v) is 5.61. The minimum absolute atomic E-state index is 0.0814. The Labute approximate surface area is 158 Å². The molecular formula is C21H25N3O3. The van der Waals surface area contributed by atoms with Gasteiger partial charge in [-0.3, -0.25) is 14.7 Å². The fourth-order valence-electron chi connectivity index (χ4n) is 3.85. The molecule has 6 nitrogen and oxygen atoms in total. The highest BCUT2D eigenvalue weighted by atomic mass is 16.5. The Kier molecular flexibility index (Phi) is 4.72. The summed E-state index contributed by atoms with van der Waals surface area (Å²) in [6.07, 6.45) is 3.97. The monoisotopic (exact) mass is 367 g/mol. The lowest BCUT2D eigenvalue weighted by Crippen LogP contribution is -2.42. The van der Waals surface area contributed by atoms with Crippen LogP contribution in [-0.4, -0.2) is 47.0 Å². The van der Waals surface area contributed by atoms with Crippen LogP contribution in [0.15, 0.2) is 24.3 Å². The van der Waals surface area contributed by atoms with E-state index in [0.29, 0.717) is 30.3 Å². The number of rotatable bonds is 5. The molecule has 1 N–H and O–H groups in total. The zero-order valence-corrected chi connectivity index (χ0v) is 15.8. The Bertz CT molecular complexity index is 869. The number of nitrogens with one attached hydrogen (secondary N) is 1. The Balaban J connectivity index is 1.46. The summed E-state index contributed by atoms with van der Waals surface area (Å²) in [6.45, 7) is 3.05. The number of H-pyrrole nitrogens is 1.